The predicted molar refractivity (Wildman–Crippen MR) is 112 cm³/mol. The molecular weight excluding hydrogens is 464 g/mol. The van der Waals surface area contributed by atoms with E-state index in [0.29, 0.717) is 17.8 Å². The number of benzene rings is 2. The first-order chi connectivity index (χ1) is 13.9. The molecule has 5 nitrogen and oxygen atoms in total. The number of carbonyl (C=O) groups excluding carboxylic acids is 1. The van der Waals surface area contributed by atoms with Gasteiger partial charge in [0.05, 0.1) is 21.6 Å². The Morgan fingerprint density at radius 1 is 1.17 bits per heavy atom. The Morgan fingerprint density at radius 2 is 1.90 bits per heavy atom. The van der Waals surface area contributed by atoms with E-state index in [1.54, 1.807) is 13.0 Å². The summed E-state index contributed by atoms with van der Waals surface area (Å²) in [4.78, 5) is 19.4. The Bertz CT molecular complexity index is 1080. The Balaban J connectivity index is 1.58. The second kappa shape index (κ2) is 8.53. The van der Waals surface area contributed by atoms with Crippen LogP contribution in [0.2, 0.25) is 5.02 Å². The van der Waals surface area contributed by atoms with Crippen molar-refractivity contribution < 1.29 is 18.0 Å². The van der Waals surface area contributed by atoms with E-state index in [2.05, 4.69) is 20.6 Å². The number of fused-ring (bicyclic) bond motifs is 1. The van der Waals surface area contributed by atoms with Gasteiger partial charge in [-0.25, -0.2) is 9.78 Å². The molecule has 0 aliphatic carbocycles. The fourth-order valence-corrected chi connectivity index (χ4v) is 3.14. The van der Waals surface area contributed by atoms with Crippen LogP contribution in [0, 0.1) is 0 Å². The van der Waals surface area contributed by atoms with Gasteiger partial charge < -0.3 is 15.6 Å². The van der Waals surface area contributed by atoms with E-state index >= 15 is 0 Å². The van der Waals surface area contributed by atoms with Crippen LogP contribution < -0.4 is 10.6 Å². The molecule has 0 spiro atoms. The van der Waals surface area contributed by atoms with Gasteiger partial charge in [-0.05, 0) is 49.2 Å². The van der Waals surface area contributed by atoms with Gasteiger partial charge in [0, 0.05) is 12.2 Å². The van der Waals surface area contributed by atoms with Crippen LogP contribution in [0.25, 0.3) is 11.0 Å². The van der Waals surface area contributed by atoms with Crippen LogP contribution >= 0.6 is 34.8 Å². The first-order valence-corrected chi connectivity index (χ1v) is 9.85. The summed E-state index contributed by atoms with van der Waals surface area (Å²) in [5.41, 5.74) is 1.34. The quantitative estimate of drug-likeness (QED) is 0.379. The molecule has 160 valence electrons. The van der Waals surface area contributed by atoms with Crippen molar-refractivity contribution in [3.05, 3.63) is 58.4 Å². The maximum atomic E-state index is 12.9. The van der Waals surface area contributed by atoms with E-state index in [1.807, 2.05) is 12.1 Å². The topological polar surface area (TPSA) is 69.8 Å². The SMILES string of the molecule is CC(Cl)(Cl)c1nc2ccc(CCNC(=O)Nc3ccc(Cl)c(C(F)(F)F)c3)cc2[nH]1. The average Bonchev–Trinajstić information content (AvgIpc) is 3.06. The fraction of sp³-hybridized carbons (Fsp3) is 0.263. The van der Waals surface area contributed by atoms with E-state index in [9.17, 15) is 18.0 Å². The number of H-pyrrole nitrogens is 1. The molecule has 2 amide bonds. The highest BCUT2D eigenvalue weighted by molar-refractivity contribution is 6.47. The lowest BCUT2D eigenvalue weighted by atomic mass is 10.1. The number of rotatable bonds is 5. The van der Waals surface area contributed by atoms with Gasteiger partial charge in [-0.2, -0.15) is 13.2 Å². The smallest absolute Gasteiger partial charge is 0.339 e. The van der Waals surface area contributed by atoms with E-state index < -0.39 is 27.1 Å². The highest BCUT2D eigenvalue weighted by Gasteiger charge is 2.33. The van der Waals surface area contributed by atoms with Gasteiger partial charge in [-0.3, -0.25) is 0 Å². The predicted octanol–water partition coefficient (Wildman–Crippen LogP) is 6.25. The number of hydrogen-bond acceptors (Lipinski definition) is 2. The molecule has 0 fully saturated rings. The number of amides is 2. The first kappa shape index (κ1) is 22.5. The van der Waals surface area contributed by atoms with Crippen molar-refractivity contribution >= 4 is 57.6 Å². The summed E-state index contributed by atoms with van der Waals surface area (Å²) in [7, 11) is 0. The van der Waals surface area contributed by atoms with Crippen molar-refractivity contribution in [2.45, 2.75) is 23.9 Å². The molecule has 0 radical (unpaired) electrons. The number of nitrogens with zero attached hydrogens (tertiary/aromatic N) is 1. The molecule has 0 saturated heterocycles. The summed E-state index contributed by atoms with van der Waals surface area (Å²) in [6.45, 7) is 1.87. The zero-order valence-electron chi connectivity index (χ0n) is 15.5. The molecule has 3 N–H and O–H groups in total. The molecule has 11 heteroatoms. The Hall–Kier alpha value is -2.16. The van der Waals surface area contributed by atoms with Gasteiger partial charge in [0.2, 0.25) is 0 Å². The number of nitrogens with one attached hydrogen (secondary N) is 3. The number of aromatic nitrogens is 2. The maximum absolute atomic E-state index is 12.9. The lowest BCUT2D eigenvalue weighted by Gasteiger charge is -2.12. The minimum absolute atomic E-state index is 0.0131. The molecule has 1 heterocycles. The molecule has 0 bridgehead atoms. The molecule has 3 aromatic rings. The summed E-state index contributed by atoms with van der Waals surface area (Å²) in [6, 6.07) is 8.04. The lowest BCUT2D eigenvalue weighted by Crippen LogP contribution is -2.30. The highest BCUT2D eigenvalue weighted by atomic mass is 35.5. The van der Waals surface area contributed by atoms with Crippen molar-refractivity contribution in [1.29, 1.82) is 0 Å². The standard InChI is InChI=1S/C19H16Cl3F3N4O/c1-18(21,22)16-28-14-5-2-10(8-15(14)29-16)6-7-26-17(30)27-11-3-4-13(20)12(9-11)19(23,24)25/h2-5,8-9H,6-7H2,1H3,(H,28,29)(H2,26,27,30). The van der Waals surface area contributed by atoms with Crippen LogP contribution in [-0.4, -0.2) is 22.5 Å². The zero-order chi connectivity index (χ0) is 22.1. The minimum Gasteiger partial charge on any atom is -0.339 e. The Kier molecular flexibility index (Phi) is 6.40. The zero-order valence-corrected chi connectivity index (χ0v) is 17.8. The largest absolute Gasteiger partial charge is 0.417 e. The van der Waals surface area contributed by atoms with Gasteiger partial charge in [0.25, 0.3) is 0 Å². The lowest BCUT2D eigenvalue weighted by molar-refractivity contribution is -0.137. The van der Waals surface area contributed by atoms with Crippen molar-refractivity contribution in [3.8, 4) is 0 Å². The monoisotopic (exact) mass is 478 g/mol. The Labute approximate surface area is 184 Å². The van der Waals surface area contributed by atoms with Crippen LogP contribution in [0.4, 0.5) is 23.7 Å². The van der Waals surface area contributed by atoms with E-state index in [0.717, 1.165) is 23.2 Å². The van der Waals surface area contributed by atoms with Crippen LogP contribution in [-0.2, 0) is 16.9 Å². The second-order valence-electron chi connectivity index (χ2n) is 6.65. The van der Waals surface area contributed by atoms with Crippen molar-refractivity contribution in [3.63, 3.8) is 0 Å². The fourth-order valence-electron chi connectivity index (χ4n) is 2.74. The van der Waals surface area contributed by atoms with Crippen LogP contribution in [0.3, 0.4) is 0 Å². The molecule has 0 aliphatic rings. The third-order valence-electron chi connectivity index (χ3n) is 4.19. The minimum atomic E-state index is -4.61. The van der Waals surface area contributed by atoms with Crippen molar-refractivity contribution in [2.24, 2.45) is 0 Å². The molecule has 0 saturated carbocycles. The normalized spacial score (nSPS) is 12.2. The summed E-state index contributed by atoms with van der Waals surface area (Å²) < 4.78 is 37.6. The molecule has 2 aromatic carbocycles. The number of aromatic amines is 1. The van der Waals surface area contributed by atoms with Gasteiger partial charge in [0.1, 0.15) is 5.82 Å². The van der Waals surface area contributed by atoms with Crippen molar-refractivity contribution in [1.82, 2.24) is 15.3 Å². The first-order valence-electron chi connectivity index (χ1n) is 8.72. The number of carbonyl (C=O) groups is 1. The van der Waals surface area contributed by atoms with Crippen LogP contribution in [0.15, 0.2) is 36.4 Å². The molecule has 3 rings (SSSR count). The molecule has 0 aliphatic heterocycles. The average molecular weight is 480 g/mol. The van der Waals surface area contributed by atoms with E-state index in [-0.39, 0.29) is 12.2 Å². The number of imidazole rings is 1. The summed E-state index contributed by atoms with van der Waals surface area (Å²) in [6.07, 6.45) is -4.12. The number of hydrogen-bond donors (Lipinski definition) is 3. The van der Waals surface area contributed by atoms with Gasteiger partial charge in [-0.1, -0.05) is 40.9 Å². The molecular formula is C19H16Cl3F3N4O. The number of halogens is 6. The molecule has 0 unspecified atom stereocenters. The van der Waals surface area contributed by atoms with Crippen molar-refractivity contribution in [2.75, 3.05) is 11.9 Å². The number of urea groups is 1. The van der Waals surface area contributed by atoms with E-state index in [4.69, 9.17) is 34.8 Å². The summed E-state index contributed by atoms with van der Waals surface area (Å²) in [5.74, 6) is 0.427. The third kappa shape index (κ3) is 5.50. The molecule has 30 heavy (non-hydrogen) atoms. The maximum Gasteiger partial charge on any atom is 0.417 e. The van der Waals surface area contributed by atoms with Gasteiger partial charge in [0.15, 0.2) is 4.33 Å². The summed E-state index contributed by atoms with van der Waals surface area (Å²) >= 11 is 17.7. The highest BCUT2D eigenvalue weighted by Crippen LogP contribution is 2.36. The second-order valence-corrected chi connectivity index (χ2v) is 8.76. The molecule has 1 aromatic heterocycles. The van der Waals surface area contributed by atoms with Gasteiger partial charge in [-0.15, -0.1) is 0 Å². The molecule has 0 atom stereocenters. The Morgan fingerprint density at radius 3 is 2.57 bits per heavy atom. The van der Waals surface area contributed by atoms with Gasteiger partial charge >= 0.3 is 12.2 Å². The number of anilines is 1. The van der Waals surface area contributed by atoms with Crippen LogP contribution in [0.1, 0.15) is 23.9 Å². The number of alkyl halides is 5. The van der Waals surface area contributed by atoms with Crippen LogP contribution in [0.5, 0.6) is 0 Å². The van der Waals surface area contributed by atoms with E-state index in [1.165, 1.54) is 6.07 Å². The third-order valence-corrected chi connectivity index (χ3v) is 4.88. The summed E-state index contributed by atoms with van der Waals surface area (Å²) in [5, 5.41) is 4.53.